The van der Waals surface area contributed by atoms with E-state index in [2.05, 4.69) is 0 Å². The van der Waals surface area contributed by atoms with Crippen LogP contribution in [0, 0.1) is 0 Å². The van der Waals surface area contributed by atoms with Gasteiger partial charge in [-0.1, -0.05) is 6.07 Å². The number of ether oxygens (including phenoxy) is 2. The van der Waals surface area contributed by atoms with Crippen molar-refractivity contribution < 1.29 is 24.2 Å². The van der Waals surface area contributed by atoms with Gasteiger partial charge in [0.15, 0.2) is 11.5 Å². The summed E-state index contributed by atoms with van der Waals surface area (Å²) >= 11 is 0. The van der Waals surface area contributed by atoms with Gasteiger partial charge in [-0.15, -0.1) is 0 Å². The number of benzene rings is 1. The topological polar surface area (TPSA) is 72.8 Å². The van der Waals surface area contributed by atoms with Gasteiger partial charge in [0.25, 0.3) is 0 Å². The molecule has 0 unspecified atom stereocenters. The standard InChI is InChI=1S/C15H20O5/c1-4-19-14-9-11(5-7-12(16)15(17)18)6-8-13(14)20-10(2)3/h6,8-10H,4-5,7H2,1-3H3,(H,17,18). The molecule has 0 aliphatic rings. The van der Waals surface area contributed by atoms with Gasteiger partial charge in [-0.3, -0.25) is 4.79 Å². The fraction of sp³-hybridized carbons (Fsp3) is 0.467. The normalized spacial score (nSPS) is 10.4. The Kier molecular flexibility index (Phi) is 6.03. The van der Waals surface area contributed by atoms with Gasteiger partial charge in [0, 0.05) is 6.42 Å². The number of aryl methyl sites for hydroxylation is 1. The summed E-state index contributed by atoms with van der Waals surface area (Å²) in [5.74, 6) is -0.920. The fourth-order valence-electron chi connectivity index (χ4n) is 1.69. The minimum atomic E-state index is -1.39. The highest BCUT2D eigenvalue weighted by molar-refractivity contribution is 6.32. The number of carbonyl (C=O) groups is 2. The Morgan fingerprint density at radius 3 is 2.50 bits per heavy atom. The fourth-order valence-corrected chi connectivity index (χ4v) is 1.69. The second kappa shape index (κ2) is 7.53. The van der Waals surface area contributed by atoms with Crippen molar-refractivity contribution in [3.05, 3.63) is 23.8 Å². The van der Waals surface area contributed by atoms with E-state index >= 15 is 0 Å². The van der Waals surface area contributed by atoms with Crippen LogP contribution >= 0.6 is 0 Å². The van der Waals surface area contributed by atoms with Crippen LogP contribution in [-0.2, 0) is 16.0 Å². The first-order chi connectivity index (χ1) is 9.43. The first-order valence-corrected chi connectivity index (χ1v) is 6.62. The summed E-state index contributed by atoms with van der Waals surface area (Å²) in [4.78, 5) is 21.6. The molecule has 5 nitrogen and oxygen atoms in total. The van der Waals surface area contributed by atoms with E-state index in [9.17, 15) is 9.59 Å². The molecule has 0 spiro atoms. The lowest BCUT2D eigenvalue weighted by atomic mass is 10.1. The number of hydrogen-bond donors (Lipinski definition) is 1. The van der Waals surface area contributed by atoms with Crippen LogP contribution in [0.4, 0.5) is 0 Å². The van der Waals surface area contributed by atoms with E-state index in [-0.39, 0.29) is 12.5 Å². The molecule has 0 saturated heterocycles. The lowest BCUT2D eigenvalue weighted by Crippen LogP contribution is -2.13. The van der Waals surface area contributed by atoms with Crippen molar-refractivity contribution in [3.63, 3.8) is 0 Å². The number of Topliss-reactive ketones (excluding diaryl/α,β-unsaturated/α-hetero) is 1. The van der Waals surface area contributed by atoms with Crippen LogP contribution < -0.4 is 9.47 Å². The molecule has 0 atom stereocenters. The van der Waals surface area contributed by atoms with Gasteiger partial charge in [0.2, 0.25) is 5.78 Å². The van der Waals surface area contributed by atoms with Crippen molar-refractivity contribution in [2.75, 3.05) is 6.61 Å². The van der Waals surface area contributed by atoms with Crippen LogP contribution in [0.15, 0.2) is 18.2 Å². The van der Waals surface area contributed by atoms with Crippen LogP contribution in [0.5, 0.6) is 11.5 Å². The van der Waals surface area contributed by atoms with Crippen LogP contribution in [0.3, 0.4) is 0 Å². The lowest BCUT2D eigenvalue weighted by Gasteiger charge is -2.15. The molecular formula is C15H20O5. The quantitative estimate of drug-likeness (QED) is 0.740. The van der Waals surface area contributed by atoms with E-state index < -0.39 is 11.8 Å². The highest BCUT2D eigenvalue weighted by Crippen LogP contribution is 2.29. The molecule has 0 fully saturated rings. The van der Waals surface area contributed by atoms with Crippen molar-refractivity contribution >= 4 is 11.8 Å². The van der Waals surface area contributed by atoms with Crippen molar-refractivity contribution in [1.82, 2.24) is 0 Å². The molecule has 20 heavy (non-hydrogen) atoms. The predicted molar refractivity (Wildman–Crippen MR) is 74.3 cm³/mol. The maximum Gasteiger partial charge on any atom is 0.372 e. The van der Waals surface area contributed by atoms with Crippen molar-refractivity contribution in [2.24, 2.45) is 0 Å². The monoisotopic (exact) mass is 280 g/mol. The number of carboxylic acids is 1. The molecule has 0 bridgehead atoms. The van der Waals surface area contributed by atoms with E-state index in [1.165, 1.54) is 0 Å². The lowest BCUT2D eigenvalue weighted by molar-refractivity contribution is -0.149. The van der Waals surface area contributed by atoms with Crippen LogP contribution in [0.25, 0.3) is 0 Å². The molecule has 5 heteroatoms. The molecular weight excluding hydrogens is 260 g/mol. The molecule has 0 aliphatic heterocycles. The maximum atomic E-state index is 11.1. The predicted octanol–water partition coefficient (Wildman–Crippen LogP) is 2.46. The Balaban J connectivity index is 2.81. The number of ketones is 1. The molecule has 1 rings (SSSR count). The highest BCUT2D eigenvalue weighted by Gasteiger charge is 2.13. The SMILES string of the molecule is CCOc1cc(CCC(=O)C(=O)O)ccc1OC(C)C. The van der Waals surface area contributed by atoms with Crippen LogP contribution in [0.2, 0.25) is 0 Å². The molecule has 0 aliphatic carbocycles. The Hall–Kier alpha value is -2.04. The largest absolute Gasteiger partial charge is 0.490 e. The number of rotatable bonds is 8. The summed E-state index contributed by atoms with van der Waals surface area (Å²) in [6.45, 7) is 6.23. The number of carbonyl (C=O) groups excluding carboxylic acids is 1. The second-order valence-electron chi connectivity index (χ2n) is 4.61. The van der Waals surface area contributed by atoms with E-state index in [1.807, 2.05) is 26.8 Å². The summed E-state index contributed by atoms with van der Waals surface area (Å²) in [6.07, 6.45) is 0.381. The van der Waals surface area contributed by atoms with E-state index in [4.69, 9.17) is 14.6 Å². The minimum absolute atomic E-state index is 0.0225. The summed E-state index contributed by atoms with van der Waals surface area (Å²) in [5, 5.41) is 8.55. The van der Waals surface area contributed by atoms with Gasteiger partial charge in [-0.2, -0.15) is 0 Å². The second-order valence-corrected chi connectivity index (χ2v) is 4.61. The molecule has 0 radical (unpaired) electrons. The molecule has 1 aromatic carbocycles. The Morgan fingerprint density at radius 2 is 1.95 bits per heavy atom. The first-order valence-electron chi connectivity index (χ1n) is 6.62. The van der Waals surface area contributed by atoms with Crippen molar-refractivity contribution in [3.8, 4) is 11.5 Å². The first kappa shape index (κ1) is 16.0. The number of carboxylic acid groups (broad SMARTS) is 1. The third kappa shape index (κ3) is 4.91. The summed E-state index contributed by atoms with van der Waals surface area (Å²) in [7, 11) is 0. The Labute approximate surface area is 118 Å². The van der Waals surface area contributed by atoms with Gasteiger partial charge in [-0.05, 0) is 44.9 Å². The summed E-state index contributed by atoms with van der Waals surface area (Å²) < 4.78 is 11.1. The molecule has 0 amide bonds. The smallest absolute Gasteiger partial charge is 0.372 e. The zero-order valence-corrected chi connectivity index (χ0v) is 12.0. The molecule has 0 heterocycles. The van der Waals surface area contributed by atoms with Crippen molar-refractivity contribution in [1.29, 1.82) is 0 Å². The third-order valence-electron chi connectivity index (χ3n) is 2.55. The summed E-state index contributed by atoms with van der Waals surface area (Å²) in [6, 6.07) is 5.39. The average Bonchev–Trinajstić information content (AvgIpc) is 2.38. The number of aliphatic carboxylic acids is 1. The van der Waals surface area contributed by atoms with Gasteiger partial charge in [0.05, 0.1) is 12.7 Å². The molecule has 0 saturated carbocycles. The molecule has 1 N–H and O–H groups in total. The van der Waals surface area contributed by atoms with Crippen LogP contribution in [0.1, 0.15) is 32.8 Å². The summed E-state index contributed by atoms with van der Waals surface area (Å²) in [5.41, 5.74) is 0.846. The minimum Gasteiger partial charge on any atom is -0.490 e. The van der Waals surface area contributed by atoms with Crippen LogP contribution in [-0.4, -0.2) is 29.6 Å². The zero-order valence-electron chi connectivity index (χ0n) is 12.0. The van der Waals surface area contributed by atoms with E-state index in [1.54, 1.807) is 12.1 Å². The van der Waals surface area contributed by atoms with E-state index in [0.717, 1.165) is 5.56 Å². The highest BCUT2D eigenvalue weighted by atomic mass is 16.5. The van der Waals surface area contributed by atoms with Gasteiger partial charge in [-0.25, -0.2) is 4.79 Å². The molecule has 1 aromatic rings. The Bertz CT molecular complexity index is 479. The Morgan fingerprint density at radius 1 is 1.25 bits per heavy atom. The maximum absolute atomic E-state index is 11.1. The van der Waals surface area contributed by atoms with E-state index in [0.29, 0.717) is 24.5 Å². The van der Waals surface area contributed by atoms with Crippen molar-refractivity contribution in [2.45, 2.75) is 39.7 Å². The van der Waals surface area contributed by atoms with Gasteiger partial charge in [0.1, 0.15) is 0 Å². The zero-order chi connectivity index (χ0) is 15.1. The van der Waals surface area contributed by atoms with Gasteiger partial charge < -0.3 is 14.6 Å². The third-order valence-corrected chi connectivity index (χ3v) is 2.55. The van der Waals surface area contributed by atoms with Gasteiger partial charge >= 0.3 is 5.97 Å². The average molecular weight is 280 g/mol. The number of hydrogen-bond acceptors (Lipinski definition) is 4. The molecule has 110 valence electrons. The molecule has 0 aromatic heterocycles.